The molecule has 0 saturated carbocycles. The van der Waals surface area contributed by atoms with Crippen molar-refractivity contribution in [2.24, 2.45) is 5.41 Å². The summed E-state index contributed by atoms with van der Waals surface area (Å²) in [5.74, 6) is 0. The molecule has 0 aromatic rings. The van der Waals surface area contributed by atoms with E-state index in [9.17, 15) is 4.79 Å². The molecule has 4 heteroatoms. The van der Waals surface area contributed by atoms with Crippen LogP contribution in [0.2, 0.25) is 0 Å². The summed E-state index contributed by atoms with van der Waals surface area (Å²) in [5, 5.41) is 2.97. The Hall–Kier alpha value is -0.770. The lowest BCUT2D eigenvalue weighted by Gasteiger charge is -2.38. The first kappa shape index (κ1) is 9.77. The van der Waals surface area contributed by atoms with Crippen LogP contribution in [0.5, 0.6) is 0 Å². The van der Waals surface area contributed by atoms with Gasteiger partial charge < -0.3 is 15.0 Å². The molecule has 4 nitrogen and oxygen atoms in total. The monoisotopic (exact) mass is 198 g/mol. The van der Waals surface area contributed by atoms with E-state index in [2.05, 4.69) is 12.2 Å². The van der Waals surface area contributed by atoms with Gasteiger partial charge in [-0.2, -0.15) is 0 Å². The maximum Gasteiger partial charge on any atom is 0.317 e. The standard InChI is InChI=1S/C10H18N2O2/c1-10(7-14-8-10)6-11-9(13)12-4-2-3-5-12/h2-8H2,1H3,(H,11,13). The van der Waals surface area contributed by atoms with E-state index in [1.54, 1.807) is 0 Å². The summed E-state index contributed by atoms with van der Waals surface area (Å²) in [5.41, 5.74) is 0.176. The van der Waals surface area contributed by atoms with Crippen LogP contribution < -0.4 is 5.32 Å². The van der Waals surface area contributed by atoms with Gasteiger partial charge in [0.1, 0.15) is 0 Å². The van der Waals surface area contributed by atoms with Crippen LogP contribution in [0.25, 0.3) is 0 Å². The molecule has 2 aliphatic rings. The molecule has 0 aromatic carbocycles. The summed E-state index contributed by atoms with van der Waals surface area (Å²) in [7, 11) is 0. The van der Waals surface area contributed by atoms with Crippen LogP contribution in [-0.4, -0.2) is 43.8 Å². The summed E-state index contributed by atoms with van der Waals surface area (Å²) in [4.78, 5) is 13.5. The van der Waals surface area contributed by atoms with Crippen LogP contribution >= 0.6 is 0 Å². The number of nitrogens with zero attached hydrogens (tertiary/aromatic N) is 1. The highest BCUT2D eigenvalue weighted by Crippen LogP contribution is 2.25. The Balaban J connectivity index is 1.71. The highest BCUT2D eigenvalue weighted by Gasteiger charge is 2.34. The van der Waals surface area contributed by atoms with E-state index in [0.717, 1.165) is 45.7 Å². The van der Waals surface area contributed by atoms with Crippen molar-refractivity contribution in [3.63, 3.8) is 0 Å². The van der Waals surface area contributed by atoms with Crippen LogP contribution in [0.4, 0.5) is 4.79 Å². The second-order valence-corrected chi connectivity index (χ2v) is 4.66. The molecule has 0 atom stereocenters. The lowest BCUT2D eigenvalue weighted by Crippen LogP contribution is -2.50. The fraction of sp³-hybridized carbons (Fsp3) is 0.900. The number of ether oxygens (including phenoxy) is 1. The number of nitrogens with one attached hydrogen (secondary N) is 1. The van der Waals surface area contributed by atoms with E-state index < -0.39 is 0 Å². The van der Waals surface area contributed by atoms with Crippen molar-refractivity contribution in [1.82, 2.24) is 10.2 Å². The Kier molecular flexibility index (Phi) is 2.63. The molecule has 0 aromatic heterocycles. The number of hydrogen-bond donors (Lipinski definition) is 1. The maximum atomic E-state index is 11.6. The number of rotatable bonds is 2. The first-order valence-electron chi connectivity index (χ1n) is 5.30. The number of amides is 2. The highest BCUT2D eigenvalue weighted by atomic mass is 16.5. The third kappa shape index (κ3) is 2.00. The third-order valence-corrected chi connectivity index (χ3v) is 2.96. The van der Waals surface area contributed by atoms with E-state index in [4.69, 9.17) is 4.74 Å². The first-order valence-corrected chi connectivity index (χ1v) is 5.30. The summed E-state index contributed by atoms with van der Waals surface area (Å²) in [6.45, 7) is 6.25. The summed E-state index contributed by atoms with van der Waals surface area (Å²) in [6.07, 6.45) is 2.29. The Morgan fingerprint density at radius 3 is 2.57 bits per heavy atom. The zero-order valence-corrected chi connectivity index (χ0v) is 8.71. The smallest absolute Gasteiger partial charge is 0.317 e. The largest absolute Gasteiger partial charge is 0.380 e. The maximum absolute atomic E-state index is 11.6. The lowest BCUT2D eigenvalue weighted by atomic mass is 9.89. The summed E-state index contributed by atoms with van der Waals surface area (Å²) < 4.78 is 5.13. The molecule has 2 amide bonds. The van der Waals surface area contributed by atoms with Gasteiger partial charge in [-0.3, -0.25) is 0 Å². The number of likely N-dealkylation sites (tertiary alicyclic amines) is 1. The van der Waals surface area contributed by atoms with Gasteiger partial charge in [-0.25, -0.2) is 4.79 Å². The predicted molar refractivity (Wildman–Crippen MR) is 53.1 cm³/mol. The number of carbonyl (C=O) groups excluding carboxylic acids is 1. The minimum absolute atomic E-state index is 0.0932. The zero-order valence-electron chi connectivity index (χ0n) is 8.71. The molecular formula is C10H18N2O2. The minimum atomic E-state index is 0.0932. The van der Waals surface area contributed by atoms with E-state index in [-0.39, 0.29) is 11.4 Å². The average Bonchev–Trinajstić information content (AvgIpc) is 2.63. The Morgan fingerprint density at radius 2 is 2.07 bits per heavy atom. The molecule has 80 valence electrons. The van der Waals surface area contributed by atoms with Crippen LogP contribution in [-0.2, 0) is 4.74 Å². The van der Waals surface area contributed by atoms with Crippen LogP contribution in [0, 0.1) is 5.41 Å². The zero-order chi connectivity index (χ0) is 10.0. The SMILES string of the molecule is CC1(CNC(=O)N2CCCC2)COC1. The third-order valence-electron chi connectivity index (χ3n) is 2.96. The van der Waals surface area contributed by atoms with Crippen LogP contribution in [0.15, 0.2) is 0 Å². The first-order chi connectivity index (χ1) is 6.70. The molecule has 0 radical (unpaired) electrons. The molecule has 0 spiro atoms. The van der Waals surface area contributed by atoms with Gasteiger partial charge in [0.05, 0.1) is 13.2 Å². The second kappa shape index (κ2) is 3.77. The molecule has 0 unspecified atom stereocenters. The molecule has 0 bridgehead atoms. The Labute approximate surface area is 84.6 Å². The molecule has 2 rings (SSSR count). The molecule has 2 fully saturated rings. The molecule has 14 heavy (non-hydrogen) atoms. The van der Waals surface area contributed by atoms with Gasteiger partial charge in [0.15, 0.2) is 0 Å². The lowest BCUT2D eigenvalue weighted by molar-refractivity contribution is -0.0978. The summed E-state index contributed by atoms with van der Waals surface area (Å²) in [6, 6.07) is 0.0932. The molecule has 2 aliphatic heterocycles. The Morgan fingerprint density at radius 1 is 1.43 bits per heavy atom. The van der Waals surface area contributed by atoms with Crippen molar-refractivity contribution in [2.45, 2.75) is 19.8 Å². The van der Waals surface area contributed by atoms with Gasteiger partial charge in [-0.15, -0.1) is 0 Å². The van der Waals surface area contributed by atoms with Crippen LogP contribution in [0.3, 0.4) is 0 Å². The van der Waals surface area contributed by atoms with Crippen molar-refractivity contribution in [3.05, 3.63) is 0 Å². The number of hydrogen-bond acceptors (Lipinski definition) is 2. The summed E-state index contributed by atoms with van der Waals surface area (Å²) >= 11 is 0. The van der Waals surface area contributed by atoms with Gasteiger partial charge in [0.25, 0.3) is 0 Å². The van der Waals surface area contributed by atoms with Crippen LogP contribution in [0.1, 0.15) is 19.8 Å². The van der Waals surface area contributed by atoms with Crippen molar-refractivity contribution in [1.29, 1.82) is 0 Å². The molecular weight excluding hydrogens is 180 g/mol. The van der Waals surface area contributed by atoms with Crippen molar-refractivity contribution < 1.29 is 9.53 Å². The van der Waals surface area contributed by atoms with Gasteiger partial charge in [0.2, 0.25) is 0 Å². The fourth-order valence-electron chi connectivity index (χ4n) is 1.87. The topological polar surface area (TPSA) is 41.6 Å². The molecule has 2 saturated heterocycles. The van der Waals surface area contributed by atoms with E-state index >= 15 is 0 Å². The van der Waals surface area contributed by atoms with Gasteiger partial charge >= 0.3 is 6.03 Å². The van der Waals surface area contributed by atoms with Gasteiger partial charge in [-0.1, -0.05) is 6.92 Å². The predicted octanol–water partition coefficient (Wildman–Crippen LogP) is 0.828. The Bertz CT molecular complexity index is 220. The van der Waals surface area contributed by atoms with E-state index in [1.807, 2.05) is 4.90 Å². The fourth-order valence-corrected chi connectivity index (χ4v) is 1.87. The average molecular weight is 198 g/mol. The normalized spacial score (nSPS) is 24.5. The van der Waals surface area contributed by atoms with Crippen molar-refractivity contribution >= 4 is 6.03 Å². The minimum Gasteiger partial charge on any atom is -0.380 e. The quantitative estimate of drug-likeness (QED) is 0.714. The van der Waals surface area contributed by atoms with Gasteiger partial charge in [-0.05, 0) is 12.8 Å². The second-order valence-electron chi connectivity index (χ2n) is 4.66. The van der Waals surface area contributed by atoms with Crippen molar-refractivity contribution in [3.8, 4) is 0 Å². The number of urea groups is 1. The highest BCUT2D eigenvalue weighted by molar-refractivity contribution is 5.74. The molecule has 1 N–H and O–H groups in total. The van der Waals surface area contributed by atoms with E-state index in [0.29, 0.717) is 0 Å². The molecule has 2 heterocycles. The molecule has 0 aliphatic carbocycles. The van der Waals surface area contributed by atoms with Gasteiger partial charge in [0, 0.05) is 25.0 Å². The number of carbonyl (C=O) groups is 1. The van der Waals surface area contributed by atoms with Crippen molar-refractivity contribution in [2.75, 3.05) is 32.8 Å². The van der Waals surface area contributed by atoms with E-state index in [1.165, 1.54) is 0 Å².